The minimum Gasteiger partial charge on any atom is -0.492 e. The van der Waals surface area contributed by atoms with Crippen molar-refractivity contribution < 1.29 is 17.9 Å². The molecule has 0 bridgehead atoms. The first-order valence-corrected chi connectivity index (χ1v) is 12.5. The van der Waals surface area contributed by atoms with E-state index >= 15 is 0 Å². The van der Waals surface area contributed by atoms with Gasteiger partial charge in [-0.3, -0.25) is 9.52 Å². The molecule has 0 fully saturated rings. The van der Waals surface area contributed by atoms with Gasteiger partial charge < -0.3 is 10.1 Å². The number of benzene rings is 3. The van der Waals surface area contributed by atoms with Crippen LogP contribution in [0.3, 0.4) is 0 Å². The van der Waals surface area contributed by atoms with Gasteiger partial charge in [0.15, 0.2) is 0 Å². The molecule has 3 rings (SSSR count). The topological polar surface area (TPSA) is 84.5 Å². The molecule has 0 radical (unpaired) electrons. The predicted octanol–water partition coefficient (Wildman–Crippen LogP) is 5.21. The Bertz CT molecular complexity index is 1190. The van der Waals surface area contributed by atoms with Crippen molar-refractivity contribution in [2.24, 2.45) is 0 Å². The first-order valence-electron chi connectivity index (χ1n) is 10.7. The molecule has 1 amide bonds. The second kappa shape index (κ2) is 11.2. The standard InChI is InChI=1S/C25H27ClN2O4S/c1-3-4-19-7-10-21(11-8-19)32-16-15-27-25(29)23-14-9-20(17-24(23)26)28-33(30,31)22-12-5-18(2)6-13-22/h5-14,17,28H,3-4,15-16H2,1-2H3,(H,27,29). The normalized spacial score (nSPS) is 11.1. The largest absolute Gasteiger partial charge is 0.492 e. The van der Waals surface area contributed by atoms with Crippen LogP contribution < -0.4 is 14.8 Å². The molecule has 0 aliphatic rings. The number of aryl methyl sites for hydroxylation is 2. The SMILES string of the molecule is CCCc1ccc(OCCNC(=O)c2ccc(NS(=O)(=O)c3ccc(C)cc3)cc2Cl)cc1. The maximum Gasteiger partial charge on any atom is 0.261 e. The zero-order valence-corrected chi connectivity index (χ0v) is 20.2. The van der Waals surface area contributed by atoms with Gasteiger partial charge in [-0.05, 0) is 61.4 Å². The van der Waals surface area contributed by atoms with Crippen LogP contribution in [0.25, 0.3) is 0 Å². The van der Waals surface area contributed by atoms with Crippen LogP contribution in [0, 0.1) is 6.92 Å². The predicted molar refractivity (Wildman–Crippen MR) is 132 cm³/mol. The maximum absolute atomic E-state index is 12.5. The van der Waals surface area contributed by atoms with Gasteiger partial charge in [-0.1, -0.05) is 54.8 Å². The van der Waals surface area contributed by atoms with Crippen LogP contribution in [0.5, 0.6) is 5.75 Å². The lowest BCUT2D eigenvalue weighted by atomic mass is 10.1. The molecular weight excluding hydrogens is 460 g/mol. The van der Waals surface area contributed by atoms with Crippen molar-refractivity contribution in [3.05, 3.63) is 88.4 Å². The monoisotopic (exact) mass is 486 g/mol. The van der Waals surface area contributed by atoms with Crippen molar-refractivity contribution in [1.82, 2.24) is 5.32 Å². The van der Waals surface area contributed by atoms with Crippen LogP contribution in [-0.2, 0) is 16.4 Å². The van der Waals surface area contributed by atoms with Crippen molar-refractivity contribution in [2.45, 2.75) is 31.6 Å². The second-order valence-electron chi connectivity index (χ2n) is 7.61. The number of nitrogens with one attached hydrogen (secondary N) is 2. The highest BCUT2D eigenvalue weighted by molar-refractivity contribution is 7.92. The number of anilines is 1. The van der Waals surface area contributed by atoms with E-state index < -0.39 is 10.0 Å². The number of carbonyl (C=O) groups is 1. The van der Waals surface area contributed by atoms with Gasteiger partial charge in [0.05, 0.1) is 27.7 Å². The summed E-state index contributed by atoms with van der Waals surface area (Å²) >= 11 is 6.24. The van der Waals surface area contributed by atoms with E-state index in [-0.39, 0.29) is 27.1 Å². The molecule has 174 valence electrons. The average molecular weight is 487 g/mol. The van der Waals surface area contributed by atoms with Crippen LogP contribution in [0.1, 0.15) is 34.8 Å². The van der Waals surface area contributed by atoms with Gasteiger partial charge in [0.2, 0.25) is 0 Å². The molecule has 0 saturated carbocycles. The Morgan fingerprint density at radius 1 is 1.00 bits per heavy atom. The minimum atomic E-state index is -3.76. The lowest BCUT2D eigenvalue weighted by Crippen LogP contribution is -2.28. The Hall–Kier alpha value is -3.03. The molecule has 0 heterocycles. The number of hydrogen-bond donors (Lipinski definition) is 2. The summed E-state index contributed by atoms with van der Waals surface area (Å²) in [5, 5.41) is 2.90. The highest BCUT2D eigenvalue weighted by atomic mass is 35.5. The molecule has 0 aliphatic carbocycles. The molecule has 2 N–H and O–H groups in total. The van der Waals surface area contributed by atoms with Crippen LogP contribution in [0.15, 0.2) is 71.6 Å². The van der Waals surface area contributed by atoms with Crippen molar-refractivity contribution in [3.63, 3.8) is 0 Å². The minimum absolute atomic E-state index is 0.143. The molecule has 3 aromatic rings. The Kier molecular flexibility index (Phi) is 8.36. The Morgan fingerprint density at radius 3 is 2.33 bits per heavy atom. The number of carbonyl (C=O) groups excluding carboxylic acids is 1. The molecule has 33 heavy (non-hydrogen) atoms. The van der Waals surface area contributed by atoms with Gasteiger partial charge in [0, 0.05) is 0 Å². The van der Waals surface area contributed by atoms with Crippen LogP contribution in [0.2, 0.25) is 5.02 Å². The Labute approximate surface area is 200 Å². The summed E-state index contributed by atoms with van der Waals surface area (Å²) in [6.45, 7) is 4.62. The number of amides is 1. The van der Waals surface area contributed by atoms with Crippen molar-refractivity contribution in [2.75, 3.05) is 17.9 Å². The summed E-state index contributed by atoms with van der Waals surface area (Å²) in [5.41, 5.74) is 2.74. The summed E-state index contributed by atoms with van der Waals surface area (Å²) < 4.78 is 33.2. The number of ether oxygens (including phenoxy) is 1. The van der Waals surface area contributed by atoms with E-state index in [2.05, 4.69) is 17.0 Å². The summed E-state index contributed by atoms with van der Waals surface area (Å²) in [7, 11) is -3.76. The summed E-state index contributed by atoms with van der Waals surface area (Å²) in [5.74, 6) is 0.377. The average Bonchev–Trinajstić information content (AvgIpc) is 2.78. The first kappa shape index (κ1) is 24.6. The molecule has 6 nitrogen and oxygen atoms in total. The number of rotatable bonds is 10. The molecule has 0 spiro atoms. The Morgan fingerprint density at radius 2 is 1.70 bits per heavy atom. The van der Waals surface area contributed by atoms with Gasteiger partial charge in [0.25, 0.3) is 15.9 Å². The van der Waals surface area contributed by atoms with E-state index in [4.69, 9.17) is 16.3 Å². The Balaban J connectivity index is 1.53. The molecule has 0 aromatic heterocycles. The molecule has 8 heteroatoms. The summed E-state index contributed by atoms with van der Waals surface area (Å²) in [4.78, 5) is 12.6. The van der Waals surface area contributed by atoms with E-state index in [1.807, 2.05) is 31.2 Å². The maximum atomic E-state index is 12.5. The van der Waals surface area contributed by atoms with E-state index in [0.29, 0.717) is 13.2 Å². The molecule has 3 aromatic carbocycles. The van der Waals surface area contributed by atoms with E-state index in [1.165, 1.54) is 35.9 Å². The molecule has 0 atom stereocenters. The summed E-state index contributed by atoms with van der Waals surface area (Å²) in [6.07, 6.45) is 2.12. The lowest BCUT2D eigenvalue weighted by Gasteiger charge is -2.11. The quantitative estimate of drug-likeness (QED) is 0.385. The fraction of sp³-hybridized carbons (Fsp3) is 0.240. The zero-order valence-electron chi connectivity index (χ0n) is 18.6. The number of halogens is 1. The molecule has 0 unspecified atom stereocenters. The van der Waals surface area contributed by atoms with Crippen molar-refractivity contribution in [1.29, 1.82) is 0 Å². The molecule has 0 aliphatic heterocycles. The third kappa shape index (κ3) is 6.97. The first-order chi connectivity index (χ1) is 15.8. The van der Waals surface area contributed by atoms with Crippen LogP contribution in [0.4, 0.5) is 5.69 Å². The van der Waals surface area contributed by atoms with Crippen LogP contribution >= 0.6 is 11.6 Å². The molecular formula is C25H27ClN2O4S. The van der Waals surface area contributed by atoms with E-state index in [0.717, 1.165) is 24.2 Å². The van der Waals surface area contributed by atoms with E-state index in [1.54, 1.807) is 12.1 Å². The van der Waals surface area contributed by atoms with E-state index in [9.17, 15) is 13.2 Å². The van der Waals surface area contributed by atoms with Crippen molar-refractivity contribution in [3.8, 4) is 5.75 Å². The van der Waals surface area contributed by atoms with Gasteiger partial charge in [-0.15, -0.1) is 0 Å². The zero-order chi connectivity index (χ0) is 23.8. The van der Waals surface area contributed by atoms with Crippen LogP contribution in [-0.4, -0.2) is 27.5 Å². The highest BCUT2D eigenvalue weighted by Crippen LogP contribution is 2.23. The van der Waals surface area contributed by atoms with Gasteiger partial charge in [-0.2, -0.15) is 0 Å². The third-order valence-corrected chi connectivity index (χ3v) is 6.63. The fourth-order valence-electron chi connectivity index (χ4n) is 3.16. The van der Waals surface area contributed by atoms with Crippen molar-refractivity contribution >= 4 is 33.2 Å². The summed E-state index contributed by atoms with van der Waals surface area (Å²) in [6, 6.07) is 18.8. The van der Waals surface area contributed by atoms with Gasteiger partial charge >= 0.3 is 0 Å². The highest BCUT2D eigenvalue weighted by Gasteiger charge is 2.16. The van der Waals surface area contributed by atoms with Gasteiger partial charge in [0.1, 0.15) is 12.4 Å². The lowest BCUT2D eigenvalue weighted by molar-refractivity contribution is 0.0947. The van der Waals surface area contributed by atoms with Gasteiger partial charge in [-0.25, -0.2) is 8.42 Å². The molecule has 0 saturated heterocycles. The number of sulfonamides is 1. The smallest absolute Gasteiger partial charge is 0.261 e. The fourth-order valence-corrected chi connectivity index (χ4v) is 4.48. The number of hydrogen-bond acceptors (Lipinski definition) is 4. The second-order valence-corrected chi connectivity index (χ2v) is 9.70. The third-order valence-electron chi connectivity index (χ3n) is 4.92.